The van der Waals surface area contributed by atoms with Crippen molar-refractivity contribution in [1.29, 1.82) is 0 Å². The van der Waals surface area contributed by atoms with Gasteiger partial charge in [0.15, 0.2) is 11.6 Å². The van der Waals surface area contributed by atoms with Gasteiger partial charge in [-0.3, -0.25) is 4.79 Å². The van der Waals surface area contributed by atoms with Crippen molar-refractivity contribution in [2.24, 2.45) is 11.1 Å². The van der Waals surface area contributed by atoms with Crippen LogP contribution in [0, 0.1) is 22.9 Å². The second-order valence-electron chi connectivity index (χ2n) is 5.25. The highest BCUT2D eigenvalue weighted by atomic mass is 19.2. The molecular formula is C14H17F3N2O. The molecule has 0 aromatic heterocycles. The Bertz CT molecular complexity index is 513. The number of anilines is 1. The van der Waals surface area contributed by atoms with Crippen LogP contribution in [0.3, 0.4) is 0 Å². The number of hydrogen-bond acceptors (Lipinski definition) is 2. The Hall–Kier alpha value is -1.56. The maximum Gasteiger partial charge on any atom is 0.231 e. The van der Waals surface area contributed by atoms with Crippen LogP contribution in [0.1, 0.15) is 32.1 Å². The van der Waals surface area contributed by atoms with Crippen LogP contribution in [-0.4, -0.2) is 12.5 Å². The number of benzene rings is 1. The van der Waals surface area contributed by atoms with Crippen molar-refractivity contribution in [3.63, 3.8) is 0 Å². The summed E-state index contributed by atoms with van der Waals surface area (Å²) >= 11 is 0. The van der Waals surface area contributed by atoms with Crippen LogP contribution in [-0.2, 0) is 4.79 Å². The third kappa shape index (κ3) is 2.80. The van der Waals surface area contributed by atoms with Crippen molar-refractivity contribution in [2.45, 2.75) is 32.1 Å². The van der Waals surface area contributed by atoms with Crippen LogP contribution in [0.4, 0.5) is 18.9 Å². The van der Waals surface area contributed by atoms with Gasteiger partial charge in [-0.2, -0.15) is 0 Å². The fourth-order valence-electron chi connectivity index (χ4n) is 2.63. The number of carbonyl (C=O) groups excluding carboxylic acids is 1. The summed E-state index contributed by atoms with van der Waals surface area (Å²) in [5, 5.41) is 2.34. The Labute approximate surface area is 115 Å². The molecule has 0 radical (unpaired) electrons. The lowest BCUT2D eigenvalue weighted by molar-refractivity contribution is -0.126. The third-order valence-corrected chi connectivity index (χ3v) is 3.94. The number of rotatable bonds is 3. The number of carbonyl (C=O) groups is 1. The molecular weight excluding hydrogens is 269 g/mol. The van der Waals surface area contributed by atoms with Crippen molar-refractivity contribution in [3.05, 3.63) is 29.6 Å². The number of nitrogens with two attached hydrogens (primary N) is 1. The van der Waals surface area contributed by atoms with Gasteiger partial charge in [-0.25, -0.2) is 13.2 Å². The molecule has 3 nitrogen and oxygen atoms in total. The first kappa shape index (κ1) is 14.8. The highest BCUT2D eigenvalue weighted by molar-refractivity contribution is 5.95. The Morgan fingerprint density at radius 1 is 1.10 bits per heavy atom. The molecule has 1 saturated carbocycles. The van der Waals surface area contributed by atoms with Gasteiger partial charge < -0.3 is 11.1 Å². The number of hydrogen-bond donors (Lipinski definition) is 2. The summed E-state index contributed by atoms with van der Waals surface area (Å²) in [7, 11) is 0. The first-order valence-electron chi connectivity index (χ1n) is 6.64. The lowest BCUT2D eigenvalue weighted by atomic mass is 9.73. The Kier molecular flexibility index (Phi) is 4.32. The van der Waals surface area contributed by atoms with E-state index >= 15 is 0 Å². The fourth-order valence-corrected chi connectivity index (χ4v) is 2.63. The van der Waals surface area contributed by atoms with Crippen LogP contribution in [0.5, 0.6) is 0 Å². The Balaban J connectivity index is 2.20. The Morgan fingerprint density at radius 3 is 2.30 bits per heavy atom. The standard InChI is InChI=1S/C14H17F3N2O/c15-9-6-11(17)12(7-10(9)16)19-13(20)14(8-18)4-2-1-3-5-14/h6-7H,1-5,8,18H2,(H,19,20). The van der Waals surface area contributed by atoms with E-state index in [2.05, 4.69) is 5.32 Å². The van der Waals surface area contributed by atoms with Crippen molar-refractivity contribution < 1.29 is 18.0 Å². The van der Waals surface area contributed by atoms with Gasteiger partial charge in [0, 0.05) is 18.7 Å². The normalized spacial score (nSPS) is 17.8. The monoisotopic (exact) mass is 286 g/mol. The molecule has 1 fully saturated rings. The predicted molar refractivity (Wildman–Crippen MR) is 69.5 cm³/mol. The molecule has 20 heavy (non-hydrogen) atoms. The minimum atomic E-state index is -1.29. The average Bonchev–Trinajstić information content (AvgIpc) is 2.45. The minimum absolute atomic E-state index is 0.157. The van der Waals surface area contributed by atoms with Gasteiger partial charge in [-0.15, -0.1) is 0 Å². The molecule has 1 aliphatic carbocycles. The number of amides is 1. The van der Waals surface area contributed by atoms with Gasteiger partial charge in [0.05, 0.1) is 11.1 Å². The van der Waals surface area contributed by atoms with E-state index in [1.54, 1.807) is 0 Å². The highest BCUT2D eigenvalue weighted by Gasteiger charge is 2.38. The van der Waals surface area contributed by atoms with Crippen LogP contribution < -0.4 is 11.1 Å². The average molecular weight is 286 g/mol. The maximum absolute atomic E-state index is 13.5. The molecule has 0 atom stereocenters. The number of halogens is 3. The van der Waals surface area contributed by atoms with Crippen molar-refractivity contribution in [3.8, 4) is 0 Å². The zero-order valence-electron chi connectivity index (χ0n) is 11.0. The summed E-state index contributed by atoms with van der Waals surface area (Å²) in [5.74, 6) is -3.91. The van der Waals surface area contributed by atoms with E-state index in [9.17, 15) is 18.0 Å². The van der Waals surface area contributed by atoms with E-state index in [1.165, 1.54) is 0 Å². The summed E-state index contributed by atoms with van der Waals surface area (Å²) in [6.07, 6.45) is 4.05. The van der Waals surface area contributed by atoms with E-state index < -0.39 is 28.8 Å². The summed E-state index contributed by atoms with van der Waals surface area (Å²) in [6, 6.07) is 1.07. The van der Waals surface area contributed by atoms with E-state index in [0.717, 1.165) is 19.3 Å². The molecule has 0 unspecified atom stereocenters. The van der Waals surface area contributed by atoms with Gasteiger partial charge in [0.2, 0.25) is 5.91 Å². The van der Waals surface area contributed by atoms with Gasteiger partial charge >= 0.3 is 0 Å². The topological polar surface area (TPSA) is 55.1 Å². The van der Waals surface area contributed by atoms with E-state index in [4.69, 9.17) is 5.73 Å². The first-order chi connectivity index (χ1) is 9.48. The summed E-state index contributed by atoms with van der Waals surface area (Å²) in [6.45, 7) is 0.157. The molecule has 6 heteroatoms. The van der Waals surface area contributed by atoms with Gasteiger partial charge in [-0.05, 0) is 12.8 Å². The molecule has 0 aliphatic heterocycles. The molecule has 1 amide bonds. The first-order valence-corrected chi connectivity index (χ1v) is 6.64. The van der Waals surface area contributed by atoms with E-state index in [1.807, 2.05) is 0 Å². The largest absolute Gasteiger partial charge is 0.329 e. The summed E-state index contributed by atoms with van der Waals surface area (Å²) < 4.78 is 39.5. The smallest absolute Gasteiger partial charge is 0.231 e. The van der Waals surface area contributed by atoms with Crippen molar-refractivity contribution in [1.82, 2.24) is 0 Å². The molecule has 2 rings (SSSR count). The molecule has 1 aromatic carbocycles. The van der Waals surface area contributed by atoms with E-state index in [0.29, 0.717) is 25.0 Å². The minimum Gasteiger partial charge on any atom is -0.329 e. The molecule has 1 aliphatic rings. The molecule has 0 bridgehead atoms. The van der Waals surface area contributed by atoms with Crippen LogP contribution in [0.25, 0.3) is 0 Å². The van der Waals surface area contributed by atoms with Gasteiger partial charge in [-0.1, -0.05) is 19.3 Å². The molecule has 110 valence electrons. The molecule has 0 heterocycles. The summed E-state index contributed by atoms with van der Waals surface area (Å²) in [5.41, 5.74) is 4.60. The molecule has 0 spiro atoms. The van der Waals surface area contributed by atoms with E-state index in [-0.39, 0.29) is 12.2 Å². The second kappa shape index (κ2) is 5.83. The van der Waals surface area contributed by atoms with Crippen molar-refractivity contribution >= 4 is 11.6 Å². The second-order valence-corrected chi connectivity index (χ2v) is 5.25. The fraction of sp³-hybridized carbons (Fsp3) is 0.500. The maximum atomic E-state index is 13.5. The van der Waals surface area contributed by atoms with Crippen molar-refractivity contribution in [2.75, 3.05) is 11.9 Å². The van der Waals surface area contributed by atoms with Crippen LogP contribution >= 0.6 is 0 Å². The molecule has 0 saturated heterocycles. The quantitative estimate of drug-likeness (QED) is 0.839. The van der Waals surface area contributed by atoms with Crippen LogP contribution in [0.2, 0.25) is 0 Å². The summed E-state index contributed by atoms with van der Waals surface area (Å²) in [4.78, 5) is 12.3. The third-order valence-electron chi connectivity index (χ3n) is 3.94. The lowest BCUT2D eigenvalue weighted by Crippen LogP contribution is -2.44. The molecule has 1 aromatic rings. The van der Waals surface area contributed by atoms with Gasteiger partial charge in [0.25, 0.3) is 0 Å². The van der Waals surface area contributed by atoms with Crippen LogP contribution in [0.15, 0.2) is 12.1 Å². The Morgan fingerprint density at radius 2 is 1.70 bits per heavy atom. The molecule has 3 N–H and O–H groups in total. The zero-order chi connectivity index (χ0) is 14.8. The lowest BCUT2D eigenvalue weighted by Gasteiger charge is -2.34. The van der Waals surface area contributed by atoms with Gasteiger partial charge in [0.1, 0.15) is 5.82 Å². The highest BCUT2D eigenvalue weighted by Crippen LogP contribution is 2.36. The zero-order valence-corrected chi connectivity index (χ0v) is 11.0. The SMILES string of the molecule is NCC1(C(=O)Nc2cc(F)c(F)cc2F)CCCCC1. The number of nitrogens with one attached hydrogen (secondary N) is 1. The predicted octanol–water partition coefficient (Wildman–Crippen LogP) is 2.95.